The van der Waals surface area contributed by atoms with Crippen LogP contribution >= 0.6 is 39.1 Å². The van der Waals surface area contributed by atoms with Crippen molar-refractivity contribution in [2.45, 2.75) is 37.8 Å². The molecule has 4 aromatic carbocycles. The van der Waals surface area contributed by atoms with Gasteiger partial charge in [0.25, 0.3) is 10.0 Å². The van der Waals surface area contributed by atoms with E-state index in [0.29, 0.717) is 6.54 Å². The van der Waals surface area contributed by atoms with Crippen LogP contribution in [-0.4, -0.2) is 44.3 Å². The van der Waals surface area contributed by atoms with Crippen LogP contribution in [-0.2, 0) is 32.6 Å². The predicted octanol–water partition coefficient (Wildman–Crippen LogP) is 7.36. The molecule has 236 valence electrons. The van der Waals surface area contributed by atoms with E-state index < -0.39 is 28.5 Å². The zero-order chi connectivity index (χ0) is 32.6. The van der Waals surface area contributed by atoms with Gasteiger partial charge in [-0.3, -0.25) is 13.9 Å². The van der Waals surface area contributed by atoms with Crippen molar-refractivity contribution in [1.29, 1.82) is 0 Å². The standard InChI is InChI=1S/C34H34BrCl2N3O4S/c1-24(2)21-38-34(42)32(19-25-9-5-3-6-10-25)39(22-26-13-15-27(35)16-14-26)33(41)23-40(28-17-18-30(36)31(37)20-28)45(43,44)29-11-7-4-8-12-29/h3-18,20,24,32H,19,21-23H2,1-2H3,(H,38,42)/t32-/m1/s1. The summed E-state index contributed by atoms with van der Waals surface area (Å²) in [5.41, 5.74) is 1.79. The molecule has 0 aliphatic carbocycles. The van der Waals surface area contributed by atoms with Crippen LogP contribution in [0.5, 0.6) is 0 Å². The lowest BCUT2D eigenvalue weighted by molar-refractivity contribution is -0.140. The molecule has 4 rings (SSSR count). The topological polar surface area (TPSA) is 86.8 Å². The van der Waals surface area contributed by atoms with Crippen LogP contribution < -0.4 is 9.62 Å². The minimum atomic E-state index is -4.24. The molecule has 0 saturated carbocycles. The monoisotopic (exact) mass is 729 g/mol. The Balaban J connectivity index is 1.80. The first-order valence-corrected chi connectivity index (χ1v) is 17.3. The molecule has 11 heteroatoms. The van der Waals surface area contributed by atoms with Crippen molar-refractivity contribution >= 4 is 66.7 Å². The van der Waals surface area contributed by atoms with E-state index in [1.807, 2.05) is 68.4 Å². The third kappa shape index (κ3) is 9.33. The third-order valence-corrected chi connectivity index (χ3v) is 10.1. The molecule has 7 nitrogen and oxygen atoms in total. The summed E-state index contributed by atoms with van der Waals surface area (Å²) in [5.74, 6) is -0.711. The molecule has 0 bridgehead atoms. The normalized spacial score (nSPS) is 12.0. The Bertz CT molecular complexity index is 1710. The Kier molecular flexibility index (Phi) is 12.1. The van der Waals surface area contributed by atoms with Gasteiger partial charge in [-0.25, -0.2) is 8.42 Å². The summed E-state index contributed by atoms with van der Waals surface area (Å²) >= 11 is 15.9. The zero-order valence-electron chi connectivity index (χ0n) is 24.9. The number of nitrogens with one attached hydrogen (secondary N) is 1. The van der Waals surface area contributed by atoms with Crippen LogP contribution in [0.2, 0.25) is 10.0 Å². The quantitative estimate of drug-likeness (QED) is 0.156. The smallest absolute Gasteiger partial charge is 0.264 e. The van der Waals surface area contributed by atoms with Gasteiger partial charge in [0.05, 0.1) is 20.6 Å². The van der Waals surface area contributed by atoms with Gasteiger partial charge >= 0.3 is 0 Å². The fraction of sp³-hybridized carbons (Fsp3) is 0.235. The minimum absolute atomic E-state index is 0.00107. The summed E-state index contributed by atoms with van der Waals surface area (Å²) in [4.78, 5) is 29.8. The van der Waals surface area contributed by atoms with Crippen LogP contribution in [0.25, 0.3) is 0 Å². The summed E-state index contributed by atoms with van der Waals surface area (Å²) < 4.78 is 30.0. The maximum absolute atomic E-state index is 14.5. The number of benzene rings is 4. The van der Waals surface area contributed by atoms with Crippen LogP contribution in [0.15, 0.2) is 112 Å². The summed E-state index contributed by atoms with van der Waals surface area (Å²) in [6.45, 7) is 3.87. The number of anilines is 1. The fourth-order valence-electron chi connectivity index (χ4n) is 4.65. The molecule has 4 aromatic rings. The molecule has 0 aliphatic rings. The van der Waals surface area contributed by atoms with Gasteiger partial charge in [0.2, 0.25) is 11.8 Å². The average Bonchev–Trinajstić information content (AvgIpc) is 3.03. The minimum Gasteiger partial charge on any atom is -0.354 e. The first-order chi connectivity index (χ1) is 21.5. The van der Waals surface area contributed by atoms with E-state index in [2.05, 4.69) is 21.2 Å². The number of carbonyl (C=O) groups is 2. The van der Waals surface area contributed by atoms with Gasteiger partial charge in [-0.1, -0.05) is 114 Å². The maximum atomic E-state index is 14.5. The number of hydrogen-bond donors (Lipinski definition) is 1. The highest BCUT2D eigenvalue weighted by molar-refractivity contribution is 9.10. The van der Waals surface area contributed by atoms with Crippen molar-refractivity contribution in [3.63, 3.8) is 0 Å². The van der Waals surface area contributed by atoms with Crippen LogP contribution in [0.3, 0.4) is 0 Å². The molecule has 1 atom stereocenters. The molecule has 0 aromatic heterocycles. The van der Waals surface area contributed by atoms with Gasteiger partial charge < -0.3 is 10.2 Å². The van der Waals surface area contributed by atoms with Crippen molar-refractivity contribution in [2.75, 3.05) is 17.4 Å². The van der Waals surface area contributed by atoms with Crippen LogP contribution in [0.1, 0.15) is 25.0 Å². The Morgan fingerprint density at radius 2 is 1.44 bits per heavy atom. The largest absolute Gasteiger partial charge is 0.354 e. The Labute approximate surface area is 283 Å². The number of halogens is 3. The average molecular weight is 732 g/mol. The summed E-state index contributed by atoms with van der Waals surface area (Å²) in [6.07, 6.45) is 0.227. The highest BCUT2D eigenvalue weighted by Gasteiger charge is 2.34. The first kappa shape index (κ1) is 34.5. The molecular formula is C34H34BrCl2N3O4S. The van der Waals surface area contributed by atoms with E-state index >= 15 is 0 Å². The highest BCUT2D eigenvalue weighted by atomic mass is 79.9. The molecular weight excluding hydrogens is 697 g/mol. The number of sulfonamides is 1. The molecule has 45 heavy (non-hydrogen) atoms. The molecule has 0 aliphatic heterocycles. The summed E-state index contributed by atoms with van der Waals surface area (Å²) in [5, 5.41) is 3.36. The number of hydrogen-bond acceptors (Lipinski definition) is 4. The van der Waals surface area contributed by atoms with Crippen LogP contribution in [0.4, 0.5) is 5.69 Å². The molecule has 2 amide bonds. The van der Waals surface area contributed by atoms with Crippen molar-refractivity contribution in [3.05, 3.63) is 129 Å². The SMILES string of the molecule is CC(C)CNC(=O)[C@@H](Cc1ccccc1)N(Cc1ccc(Br)cc1)C(=O)CN(c1ccc(Cl)c(Cl)c1)S(=O)(=O)c1ccccc1. The van der Waals surface area contributed by atoms with Gasteiger partial charge in [-0.15, -0.1) is 0 Å². The van der Waals surface area contributed by atoms with Gasteiger partial charge in [-0.05, 0) is 59.5 Å². The number of amides is 2. The second-order valence-electron chi connectivity index (χ2n) is 10.9. The second kappa shape index (κ2) is 15.8. The van der Waals surface area contributed by atoms with Gasteiger partial charge in [-0.2, -0.15) is 0 Å². The summed E-state index contributed by atoms with van der Waals surface area (Å²) in [6, 6.07) is 28.1. The second-order valence-corrected chi connectivity index (χ2v) is 14.5. The Hall–Kier alpha value is -3.37. The molecule has 0 saturated heterocycles. The molecule has 0 fully saturated rings. The maximum Gasteiger partial charge on any atom is 0.264 e. The highest BCUT2D eigenvalue weighted by Crippen LogP contribution is 2.31. The number of rotatable bonds is 13. The van der Waals surface area contributed by atoms with E-state index in [9.17, 15) is 18.0 Å². The van der Waals surface area contributed by atoms with Gasteiger partial charge in [0, 0.05) is 24.0 Å². The molecule has 0 radical (unpaired) electrons. The van der Waals surface area contributed by atoms with E-state index in [4.69, 9.17) is 23.2 Å². The number of nitrogens with zero attached hydrogens (tertiary/aromatic N) is 2. The van der Waals surface area contributed by atoms with E-state index in [-0.39, 0.29) is 45.4 Å². The van der Waals surface area contributed by atoms with Crippen LogP contribution in [0, 0.1) is 5.92 Å². The van der Waals surface area contributed by atoms with E-state index in [1.165, 1.54) is 35.2 Å². The van der Waals surface area contributed by atoms with E-state index in [1.54, 1.807) is 18.2 Å². The van der Waals surface area contributed by atoms with Crippen molar-refractivity contribution in [3.8, 4) is 0 Å². The van der Waals surface area contributed by atoms with Gasteiger partial charge in [0.15, 0.2) is 0 Å². The number of carbonyl (C=O) groups excluding carboxylic acids is 2. The lowest BCUT2D eigenvalue weighted by Gasteiger charge is -2.34. The molecule has 0 spiro atoms. The molecule has 0 unspecified atom stereocenters. The lowest BCUT2D eigenvalue weighted by Crippen LogP contribution is -2.53. The molecule has 0 heterocycles. The molecule has 1 N–H and O–H groups in total. The Morgan fingerprint density at radius 1 is 0.822 bits per heavy atom. The van der Waals surface area contributed by atoms with Crippen molar-refractivity contribution in [1.82, 2.24) is 10.2 Å². The lowest BCUT2D eigenvalue weighted by atomic mass is 10.0. The van der Waals surface area contributed by atoms with E-state index in [0.717, 1.165) is 19.9 Å². The Morgan fingerprint density at radius 3 is 2.04 bits per heavy atom. The fourth-order valence-corrected chi connectivity index (χ4v) is 6.64. The van der Waals surface area contributed by atoms with Crippen molar-refractivity contribution < 1.29 is 18.0 Å². The van der Waals surface area contributed by atoms with Crippen molar-refractivity contribution in [2.24, 2.45) is 5.92 Å². The zero-order valence-corrected chi connectivity index (χ0v) is 28.8. The predicted molar refractivity (Wildman–Crippen MR) is 184 cm³/mol. The third-order valence-electron chi connectivity index (χ3n) is 7.02. The summed E-state index contributed by atoms with van der Waals surface area (Å²) in [7, 11) is -4.24. The first-order valence-electron chi connectivity index (χ1n) is 14.3. The van der Waals surface area contributed by atoms with Gasteiger partial charge in [0.1, 0.15) is 12.6 Å².